The molecule has 4 nitrogen and oxygen atoms in total. The quantitative estimate of drug-likeness (QED) is 0.752. The van der Waals surface area contributed by atoms with Crippen molar-refractivity contribution in [1.82, 2.24) is 5.32 Å². The first kappa shape index (κ1) is 16.1. The maximum absolute atomic E-state index is 11.0. The van der Waals surface area contributed by atoms with E-state index >= 15 is 0 Å². The number of hydrogen-bond donors (Lipinski definition) is 1. The number of hydrogen-bond acceptors (Lipinski definition) is 3. The molecule has 0 saturated heterocycles. The summed E-state index contributed by atoms with van der Waals surface area (Å²) < 4.78 is 11.3. The van der Waals surface area contributed by atoms with Gasteiger partial charge in [-0.3, -0.25) is 4.79 Å². The number of benzene rings is 2. The Balaban J connectivity index is 1.88. The first-order chi connectivity index (χ1) is 11.7. The molecule has 0 aliphatic heterocycles. The molecule has 1 heterocycles. The van der Waals surface area contributed by atoms with Gasteiger partial charge in [-0.15, -0.1) is 0 Å². The van der Waals surface area contributed by atoms with Crippen molar-refractivity contribution in [3.05, 3.63) is 65.4 Å². The molecule has 3 aromatic rings. The zero-order valence-electron chi connectivity index (χ0n) is 14.0. The highest BCUT2D eigenvalue weighted by molar-refractivity contribution is 5.84. The number of fused-ring (bicyclic) bond motifs is 1. The molecular weight excluding hydrogens is 302 g/mol. The smallest absolute Gasteiger partial charge is 0.216 e. The number of carbonyl (C=O) groups excluding carboxylic acids is 1. The predicted molar refractivity (Wildman–Crippen MR) is 94.4 cm³/mol. The molecule has 0 fully saturated rings. The van der Waals surface area contributed by atoms with Crippen LogP contribution < -0.4 is 10.1 Å². The second kappa shape index (κ2) is 7.21. The summed E-state index contributed by atoms with van der Waals surface area (Å²) in [6.07, 6.45) is 3.29. The molecule has 0 radical (unpaired) electrons. The van der Waals surface area contributed by atoms with Crippen molar-refractivity contribution < 1.29 is 13.9 Å². The van der Waals surface area contributed by atoms with Crippen molar-refractivity contribution in [1.29, 1.82) is 0 Å². The Morgan fingerprint density at radius 1 is 1.17 bits per heavy atom. The summed E-state index contributed by atoms with van der Waals surface area (Å²) in [5.74, 6) is 0.832. The van der Waals surface area contributed by atoms with E-state index in [1.807, 2.05) is 30.3 Å². The van der Waals surface area contributed by atoms with Crippen molar-refractivity contribution in [2.24, 2.45) is 0 Å². The van der Waals surface area contributed by atoms with Gasteiger partial charge in [0, 0.05) is 36.4 Å². The summed E-state index contributed by atoms with van der Waals surface area (Å²) in [5.41, 5.74) is 4.24. The minimum Gasteiger partial charge on any atom is -0.496 e. The van der Waals surface area contributed by atoms with Gasteiger partial charge >= 0.3 is 0 Å². The van der Waals surface area contributed by atoms with E-state index in [2.05, 4.69) is 17.4 Å². The van der Waals surface area contributed by atoms with Crippen LogP contribution in [-0.4, -0.2) is 19.6 Å². The van der Waals surface area contributed by atoms with Crippen LogP contribution in [-0.2, 0) is 17.6 Å². The number of nitrogens with one attached hydrogen (secondary N) is 1. The zero-order chi connectivity index (χ0) is 16.9. The van der Waals surface area contributed by atoms with Crippen LogP contribution in [0.5, 0.6) is 5.75 Å². The van der Waals surface area contributed by atoms with Gasteiger partial charge in [0.25, 0.3) is 0 Å². The lowest BCUT2D eigenvalue weighted by molar-refractivity contribution is -0.118. The Morgan fingerprint density at radius 2 is 1.96 bits per heavy atom. The van der Waals surface area contributed by atoms with E-state index in [1.165, 1.54) is 12.5 Å². The van der Waals surface area contributed by atoms with Crippen LogP contribution >= 0.6 is 0 Å². The summed E-state index contributed by atoms with van der Waals surface area (Å²) >= 11 is 0. The van der Waals surface area contributed by atoms with Crippen LogP contribution in [0.4, 0.5) is 0 Å². The second-order valence-electron chi connectivity index (χ2n) is 5.82. The third-order valence-corrected chi connectivity index (χ3v) is 4.06. The van der Waals surface area contributed by atoms with Crippen molar-refractivity contribution in [3.63, 3.8) is 0 Å². The van der Waals surface area contributed by atoms with Crippen LogP contribution in [0.1, 0.15) is 23.6 Å². The highest BCUT2D eigenvalue weighted by Gasteiger charge is 2.12. The van der Waals surface area contributed by atoms with Gasteiger partial charge in [-0.2, -0.15) is 0 Å². The fourth-order valence-electron chi connectivity index (χ4n) is 2.86. The molecule has 0 bridgehead atoms. The molecule has 0 saturated carbocycles. The molecule has 4 heteroatoms. The van der Waals surface area contributed by atoms with Crippen molar-refractivity contribution in [2.75, 3.05) is 13.7 Å². The Kier molecular flexibility index (Phi) is 4.85. The lowest BCUT2D eigenvalue weighted by Crippen LogP contribution is -2.22. The average Bonchev–Trinajstić information content (AvgIpc) is 2.97. The molecule has 0 aliphatic carbocycles. The third-order valence-electron chi connectivity index (χ3n) is 4.06. The van der Waals surface area contributed by atoms with Crippen LogP contribution in [0, 0.1) is 0 Å². The maximum atomic E-state index is 11.0. The largest absolute Gasteiger partial charge is 0.496 e. The van der Waals surface area contributed by atoms with Crippen LogP contribution in [0.15, 0.2) is 53.1 Å². The molecule has 0 aliphatic rings. The molecule has 3 rings (SSSR count). The summed E-state index contributed by atoms with van der Waals surface area (Å²) in [6.45, 7) is 2.12. The fourth-order valence-corrected chi connectivity index (χ4v) is 2.86. The molecule has 1 N–H and O–H groups in total. The van der Waals surface area contributed by atoms with Gasteiger partial charge in [0.15, 0.2) is 0 Å². The van der Waals surface area contributed by atoms with Gasteiger partial charge in [0.05, 0.1) is 13.4 Å². The predicted octanol–water partition coefficient (Wildman–Crippen LogP) is 3.71. The average molecular weight is 323 g/mol. The van der Waals surface area contributed by atoms with Crippen molar-refractivity contribution in [2.45, 2.75) is 19.8 Å². The Bertz CT molecular complexity index is 837. The molecule has 0 unspecified atom stereocenters. The van der Waals surface area contributed by atoms with E-state index in [0.717, 1.165) is 40.7 Å². The lowest BCUT2D eigenvalue weighted by Gasteiger charge is -2.09. The molecule has 0 spiro atoms. The highest BCUT2D eigenvalue weighted by atomic mass is 16.5. The monoisotopic (exact) mass is 323 g/mol. The number of ether oxygens (including phenoxy) is 1. The first-order valence-electron chi connectivity index (χ1n) is 8.02. The van der Waals surface area contributed by atoms with E-state index in [0.29, 0.717) is 6.54 Å². The number of methoxy groups -OCH3 is 1. The standard InChI is InChI=1S/C20H21NO3/c1-14(22)21-9-8-16-13-24-20-11-17(19(23-2)12-18(16)20)10-15-6-4-3-5-7-15/h3-7,11-13H,8-10H2,1-2H3,(H,21,22). The first-order valence-corrected chi connectivity index (χ1v) is 8.02. The fraction of sp³-hybridized carbons (Fsp3) is 0.250. The molecule has 124 valence electrons. The third kappa shape index (κ3) is 3.59. The number of furan rings is 1. The number of rotatable bonds is 6. The van der Waals surface area contributed by atoms with Crippen molar-refractivity contribution >= 4 is 16.9 Å². The van der Waals surface area contributed by atoms with E-state index in [-0.39, 0.29) is 5.91 Å². The van der Waals surface area contributed by atoms with E-state index in [1.54, 1.807) is 13.4 Å². The summed E-state index contributed by atoms with van der Waals surface area (Å²) in [6, 6.07) is 14.4. The topological polar surface area (TPSA) is 51.5 Å². The van der Waals surface area contributed by atoms with Gasteiger partial charge in [-0.25, -0.2) is 0 Å². The Labute approximate surface area is 141 Å². The number of carbonyl (C=O) groups is 1. The van der Waals surface area contributed by atoms with Gasteiger partial charge < -0.3 is 14.5 Å². The van der Waals surface area contributed by atoms with Gasteiger partial charge in [-0.1, -0.05) is 30.3 Å². The summed E-state index contributed by atoms with van der Waals surface area (Å²) in [4.78, 5) is 11.0. The minimum atomic E-state index is -0.0227. The molecule has 24 heavy (non-hydrogen) atoms. The van der Waals surface area contributed by atoms with Crippen LogP contribution in [0.3, 0.4) is 0 Å². The SMILES string of the molecule is COc1cc2c(CCNC(C)=O)coc2cc1Cc1ccccc1. The van der Waals surface area contributed by atoms with Crippen LogP contribution in [0.2, 0.25) is 0 Å². The molecule has 0 atom stereocenters. The lowest BCUT2D eigenvalue weighted by atomic mass is 10.0. The highest BCUT2D eigenvalue weighted by Crippen LogP contribution is 2.31. The van der Waals surface area contributed by atoms with Crippen LogP contribution in [0.25, 0.3) is 11.0 Å². The van der Waals surface area contributed by atoms with Gasteiger partial charge in [0.1, 0.15) is 11.3 Å². The minimum absolute atomic E-state index is 0.0227. The summed E-state index contributed by atoms with van der Waals surface area (Å²) in [5, 5.41) is 3.85. The molecule has 2 aromatic carbocycles. The normalized spacial score (nSPS) is 10.8. The van der Waals surface area contributed by atoms with E-state index < -0.39 is 0 Å². The Morgan fingerprint density at radius 3 is 2.67 bits per heavy atom. The molecule has 1 aromatic heterocycles. The molecular formula is C20H21NO3. The number of amides is 1. The second-order valence-corrected chi connectivity index (χ2v) is 5.82. The maximum Gasteiger partial charge on any atom is 0.216 e. The van der Waals surface area contributed by atoms with Crippen molar-refractivity contribution in [3.8, 4) is 5.75 Å². The zero-order valence-corrected chi connectivity index (χ0v) is 14.0. The van der Waals surface area contributed by atoms with E-state index in [4.69, 9.17) is 9.15 Å². The summed E-state index contributed by atoms with van der Waals surface area (Å²) in [7, 11) is 1.69. The molecule has 1 amide bonds. The van der Waals surface area contributed by atoms with E-state index in [9.17, 15) is 4.79 Å². The van der Waals surface area contributed by atoms with Gasteiger partial charge in [0.2, 0.25) is 5.91 Å². The van der Waals surface area contributed by atoms with Gasteiger partial charge in [-0.05, 0) is 24.1 Å². The Hall–Kier alpha value is -2.75.